The van der Waals surface area contributed by atoms with Crippen molar-refractivity contribution < 1.29 is 9.21 Å². The second-order valence-electron chi connectivity index (χ2n) is 4.99. The van der Waals surface area contributed by atoms with Crippen LogP contribution in [0.5, 0.6) is 0 Å². The highest BCUT2D eigenvalue weighted by molar-refractivity contribution is 5.97. The Bertz CT molecular complexity index is 586. The van der Waals surface area contributed by atoms with Crippen LogP contribution in [0.3, 0.4) is 0 Å². The van der Waals surface area contributed by atoms with Gasteiger partial charge in [-0.05, 0) is 7.05 Å². The molecule has 0 spiro atoms. The van der Waals surface area contributed by atoms with Gasteiger partial charge in [0.25, 0.3) is 5.91 Å². The van der Waals surface area contributed by atoms with Gasteiger partial charge in [-0.3, -0.25) is 4.79 Å². The molecule has 1 saturated heterocycles. The van der Waals surface area contributed by atoms with E-state index >= 15 is 0 Å². The summed E-state index contributed by atoms with van der Waals surface area (Å²) in [6.45, 7) is 3.25. The van der Waals surface area contributed by atoms with Crippen LogP contribution in [0.15, 0.2) is 41.1 Å². The molecule has 1 aromatic carbocycles. The summed E-state index contributed by atoms with van der Waals surface area (Å²) in [4.78, 5) is 20.7. The molecular weight excluding hydrogens is 254 g/mol. The molecule has 2 aromatic rings. The van der Waals surface area contributed by atoms with Crippen LogP contribution in [0, 0.1) is 0 Å². The van der Waals surface area contributed by atoms with E-state index in [0.29, 0.717) is 11.5 Å². The van der Waals surface area contributed by atoms with E-state index in [-0.39, 0.29) is 5.91 Å². The van der Waals surface area contributed by atoms with Crippen LogP contribution in [-0.2, 0) is 0 Å². The number of hydrogen-bond donors (Lipinski definition) is 0. The van der Waals surface area contributed by atoms with Crippen molar-refractivity contribution in [2.45, 2.75) is 0 Å². The van der Waals surface area contributed by atoms with E-state index in [4.69, 9.17) is 4.42 Å². The summed E-state index contributed by atoms with van der Waals surface area (Å²) in [5, 5.41) is 0. The summed E-state index contributed by atoms with van der Waals surface area (Å²) in [5.41, 5.74) is 1.28. The third-order valence-corrected chi connectivity index (χ3v) is 3.60. The maximum Gasteiger partial charge on any atom is 0.276 e. The van der Waals surface area contributed by atoms with Gasteiger partial charge in [0.1, 0.15) is 0 Å². The van der Waals surface area contributed by atoms with Crippen molar-refractivity contribution in [2.24, 2.45) is 0 Å². The number of piperazine rings is 1. The van der Waals surface area contributed by atoms with Gasteiger partial charge in [-0.25, -0.2) is 4.98 Å². The van der Waals surface area contributed by atoms with E-state index in [1.807, 2.05) is 35.2 Å². The summed E-state index contributed by atoms with van der Waals surface area (Å²) >= 11 is 0. The predicted octanol–water partition coefficient (Wildman–Crippen LogP) is 1.73. The fourth-order valence-electron chi connectivity index (χ4n) is 2.35. The van der Waals surface area contributed by atoms with Gasteiger partial charge in [0, 0.05) is 31.7 Å². The molecule has 1 fully saturated rings. The first-order valence-corrected chi connectivity index (χ1v) is 6.72. The Morgan fingerprint density at radius 1 is 1.15 bits per heavy atom. The lowest BCUT2D eigenvalue weighted by Gasteiger charge is -2.32. The molecule has 5 nitrogen and oxygen atoms in total. The van der Waals surface area contributed by atoms with E-state index in [1.165, 1.54) is 6.39 Å². The predicted molar refractivity (Wildman–Crippen MR) is 75.3 cm³/mol. The highest BCUT2D eigenvalue weighted by atomic mass is 16.3. The molecule has 3 rings (SSSR count). The van der Waals surface area contributed by atoms with E-state index in [0.717, 1.165) is 31.7 Å². The molecule has 0 bridgehead atoms. The van der Waals surface area contributed by atoms with Crippen molar-refractivity contribution in [3.05, 3.63) is 42.4 Å². The van der Waals surface area contributed by atoms with Gasteiger partial charge in [-0.2, -0.15) is 0 Å². The standard InChI is InChI=1S/C15H17N3O2/c1-17-7-9-18(10-8-17)15(19)13-14(20-11-16-13)12-5-3-2-4-6-12/h2-6,11H,7-10H2,1H3. The number of likely N-dealkylation sites (N-methyl/N-ethyl adjacent to an activating group) is 1. The first-order valence-electron chi connectivity index (χ1n) is 6.72. The molecule has 20 heavy (non-hydrogen) atoms. The van der Waals surface area contributed by atoms with Crippen molar-refractivity contribution in [3.63, 3.8) is 0 Å². The third kappa shape index (κ3) is 2.44. The van der Waals surface area contributed by atoms with Gasteiger partial charge < -0.3 is 14.2 Å². The van der Waals surface area contributed by atoms with E-state index in [1.54, 1.807) is 0 Å². The zero-order valence-corrected chi connectivity index (χ0v) is 11.5. The second-order valence-corrected chi connectivity index (χ2v) is 4.99. The minimum atomic E-state index is -0.0503. The van der Waals surface area contributed by atoms with Crippen molar-refractivity contribution in [2.75, 3.05) is 33.2 Å². The Balaban J connectivity index is 1.85. The molecule has 2 heterocycles. The minimum Gasteiger partial charge on any atom is -0.443 e. The van der Waals surface area contributed by atoms with Gasteiger partial charge in [0.2, 0.25) is 0 Å². The maximum absolute atomic E-state index is 12.5. The largest absolute Gasteiger partial charge is 0.443 e. The lowest BCUT2D eigenvalue weighted by Crippen LogP contribution is -2.47. The molecular formula is C15H17N3O2. The number of hydrogen-bond acceptors (Lipinski definition) is 4. The van der Waals surface area contributed by atoms with Crippen molar-refractivity contribution in [1.82, 2.24) is 14.8 Å². The summed E-state index contributed by atoms with van der Waals surface area (Å²) in [6.07, 6.45) is 1.34. The van der Waals surface area contributed by atoms with Crippen molar-refractivity contribution >= 4 is 5.91 Å². The summed E-state index contributed by atoms with van der Waals surface area (Å²) in [6, 6.07) is 9.61. The van der Waals surface area contributed by atoms with Gasteiger partial charge in [-0.15, -0.1) is 0 Å². The zero-order chi connectivity index (χ0) is 13.9. The van der Waals surface area contributed by atoms with Crippen LogP contribution >= 0.6 is 0 Å². The summed E-state index contributed by atoms with van der Waals surface area (Å²) in [7, 11) is 2.06. The van der Waals surface area contributed by atoms with Crippen LogP contribution in [0.1, 0.15) is 10.5 Å². The monoisotopic (exact) mass is 271 g/mol. The van der Waals surface area contributed by atoms with E-state index in [9.17, 15) is 4.79 Å². The molecule has 1 aliphatic heterocycles. The number of rotatable bonds is 2. The molecule has 0 unspecified atom stereocenters. The molecule has 0 radical (unpaired) electrons. The highest BCUT2D eigenvalue weighted by Crippen LogP contribution is 2.24. The lowest BCUT2D eigenvalue weighted by atomic mass is 10.1. The average molecular weight is 271 g/mol. The molecule has 0 atom stereocenters. The maximum atomic E-state index is 12.5. The molecule has 5 heteroatoms. The number of carbonyl (C=O) groups is 1. The van der Waals surface area contributed by atoms with E-state index in [2.05, 4.69) is 16.9 Å². The van der Waals surface area contributed by atoms with Crippen LogP contribution in [0.4, 0.5) is 0 Å². The van der Waals surface area contributed by atoms with Crippen LogP contribution in [0.25, 0.3) is 11.3 Å². The van der Waals surface area contributed by atoms with Crippen LogP contribution < -0.4 is 0 Å². The van der Waals surface area contributed by atoms with Crippen molar-refractivity contribution in [1.29, 1.82) is 0 Å². The normalized spacial score (nSPS) is 16.4. The quantitative estimate of drug-likeness (QED) is 0.834. The average Bonchev–Trinajstić information content (AvgIpc) is 2.97. The number of aromatic nitrogens is 1. The third-order valence-electron chi connectivity index (χ3n) is 3.60. The molecule has 0 saturated carbocycles. The zero-order valence-electron chi connectivity index (χ0n) is 11.5. The number of nitrogens with zero attached hydrogens (tertiary/aromatic N) is 3. The Labute approximate surface area is 117 Å². The second kappa shape index (κ2) is 5.46. The molecule has 0 N–H and O–H groups in total. The van der Waals surface area contributed by atoms with Crippen LogP contribution in [-0.4, -0.2) is 53.9 Å². The number of carbonyl (C=O) groups excluding carboxylic acids is 1. The van der Waals surface area contributed by atoms with Gasteiger partial charge in [0.15, 0.2) is 17.8 Å². The Morgan fingerprint density at radius 2 is 1.85 bits per heavy atom. The first-order chi connectivity index (χ1) is 9.75. The first kappa shape index (κ1) is 12.9. The van der Waals surface area contributed by atoms with Crippen molar-refractivity contribution in [3.8, 4) is 11.3 Å². The molecule has 1 aliphatic rings. The topological polar surface area (TPSA) is 49.6 Å². The number of benzene rings is 1. The molecule has 1 amide bonds. The SMILES string of the molecule is CN1CCN(C(=O)c2ncoc2-c2ccccc2)CC1. The summed E-state index contributed by atoms with van der Waals surface area (Å²) in [5.74, 6) is 0.500. The van der Waals surface area contributed by atoms with Crippen LogP contribution in [0.2, 0.25) is 0 Å². The fraction of sp³-hybridized carbons (Fsp3) is 0.333. The number of amides is 1. The number of oxazole rings is 1. The van der Waals surface area contributed by atoms with Gasteiger partial charge >= 0.3 is 0 Å². The fourth-order valence-corrected chi connectivity index (χ4v) is 2.35. The van der Waals surface area contributed by atoms with E-state index < -0.39 is 0 Å². The molecule has 1 aromatic heterocycles. The molecule has 0 aliphatic carbocycles. The lowest BCUT2D eigenvalue weighted by molar-refractivity contribution is 0.0659. The Kier molecular flexibility index (Phi) is 3.52. The van der Waals surface area contributed by atoms with Gasteiger partial charge in [-0.1, -0.05) is 30.3 Å². The summed E-state index contributed by atoms with van der Waals surface area (Å²) < 4.78 is 5.41. The van der Waals surface area contributed by atoms with Gasteiger partial charge in [0.05, 0.1) is 0 Å². The highest BCUT2D eigenvalue weighted by Gasteiger charge is 2.25. The minimum absolute atomic E-state index is 0.0503. The molecule has 104 valence electrons. The Morgan fingerprint density at radius 3 is 2.55 bits per heavy atom. The Hall–Kier alpha value is -2.14. The smallest absolute Gasteiger partial charge is 0.276 e.